The second-order valence-corrected chi connectivity index (χ2v) is 6.31. The molecule has 0 saturated carbocycles. The second-order valence-electron chi connectivity index (χ2n) is 4.51. The van der Waals surface area contributed by atoms with Crippen LogP contribution in [0.2, 0.25) is 0 Å². The third kappa shape index (κ3) is 3.88. The van der Waals surface area contributed by atoms with Gasteiger partial charge in [-0.2, -0.15) is 11.8 Å². The zero-order valence-corrected chi connectivity index (χ0v) is 9.86. The Bertz CT molecular complexity index is 159. The lowest BCUT2D eigenvalue weighted by atomic mass is 10.1. The van der Waals surface area contributed by atoms with Gasteiger partial charge in [0.15, 0.2) is 0 Å². The van der Waals surface area contributed by atoms with Crippen molar-refractivity contribution in [2.75, 3.05) is 25.4 Å². The fourth-order valence-electron chi connectivity index (χ4n) is 1.73. The van der Waals surface area contributed by atoms with Crippen LogP contribution in [-0.4, -0.2) is 41.1 Å². The highest BCUT2D eigenvalue weighted by molar-refractivity contribution is 8.00. The van der Waals surface area contributed by atoms with Crippen LogP contribution in [0.4, 0.5) is 0 Å². The van der Waals surface area contributed by atoms with Gasteiger partial charge in [0.25, 0.3) is 0 Å². The average molecular weight is 202 g/mol. The van der Waals surface area contributed by atoms with Crippen molar-refractivity contribution in [3.63, 3.8) is 0 Å². The van der Waals surface area contributed by atoms with Gasteiger partial charge in [-0.3, -0.25) is 4.90 Å². The van der Waals surface area contributed by atoms with Crippen LogP contribution in [-0.2, 0) is 0 Å². The molecule has 0 bridgehead atoms. The molecule has 0 aromatic carbocycles. The van der Waals surface area contributed by atoms with Crippen LogP contribution in [0.25, 0.3) is 0 Å². The second kappa shape index (κ2) is 4.67. The maximum atomic E-state index is 5.94. The van der Waals surface area contributed by atoms with Gasteiger partial charge in [0.2, 0.25) is 0 Å². The van der Waals surface area contributed by atoms with Gasteiger partial charge in [0.05, 0.1) is 0 Å². The summed E-state index contributed by atoms with van der Waals surface area (Å²) in [6.07, 6.45) is 1.09. The summed E-state index contributed by atoms with van der Waals surface area (Å²) in [6, 6.07) is 0.360. The van der Waals surface area contributed by atoms with Crippen molar-refractivity contribution in [2.24, 2.45) is 5.73 Å². The molecule has 1 aliphatic heterocycles. The Balaban J connectivity index is 2.34. The van der Waals surface area contributed by atoms with Crippen LogP contribution < -0.4 is 5.73 Å². The smallest absolute Gasteiger partial charge is 0.0231 e. The van der Waals surface area contributed by atoms with E-state index >= 15 is 0 Å². The maximum Gasteiger partial charge on any atom is 0.0231 e. The van der Waals surface area contributed by atoms with E-state index < -0.39 is 0 Å². The first-order valence-electron chi connectivity index (χ1n) is 5.15. The predicted octanol–water partition coefficient (Wildman–Crippen LogP) is 1.55. The van der Waals surface area contributed by atoms with E-state index in [1.54, 1.807) is 0 Å². The molecule has 13 heavy (non-hydrogen) atoms. The van der Waals surface area contributed by atoms with Gasteiger partial charge < -0.3 is 5.73 Å². The Labute approximate surface area is 86.2 Å². The Morgan fingerprint density at radius 2 is 2.23 bits per heavy atom. The molecule has 1 aliphatic rings. The van der Waals surface area contributed by atoms with Gasteiger partial charge in [-0.05, 0) is 20.3 Å². The fourth-order valence-corrected chi connectivity index (χ4v) is 2.91. The molecule has 1 heterocycles. The summed E-state index contributed by atoms with van der Waals surface area (Å²) >= 11 is 2.08. The van der Waals surface area contributed by atoms with Crippen molar-refractivity contribution in [2.45, 2.75) is 38.0 Å². The van der Waals surface area contributed by atoms with Gasteiger partial charge >= 0.3 is 0 Å². The van der Waals surface area contributed by atoms with Crippen molar-refractivity contribution in [1.29, 1.82) is 0 Å². The van der Waals surface area contributed by atoms with Crippen molar-refractivity contribution in [1.82, 2.24) is 4.90 Å². The molecule has 1 atom stereocenters. The number of nitrogens with zero attached hydrogens (tertiary/aromatic N) is 1. The SMILES string of the molecule is CCC(N)CN1CCSC(C)(C)C1. The van der Waals surface area contributed by atoms with E-state index in [-0.39, 0.29) is 0 Å². The first-order valence-corrected chi connectivity index (χ1v) is 6.14. The Morgan fingerprint density at radius 1 is 1.54 bits per heavy atom. The minimum absolute atomic E-state index is 0.360. The first-order chi connectivity index (χ1) is 6.03. The van der Waals surface area contributed by atoms with Gasteiger partial charge in [0.1, 0.15) is 0 Å². The first kappa shape index (κ1) is 11.3. The minimum Gasteiger partial charge on any atom is -0.327 e. The van der Waals surface area contributed by atoms with E-state index in [4.69, 9.17) is 5.73 Å². The monoisotopic (exact) mass is 202 g/mol. The topological polar surface area (TPSA) is 29.3 Å². The van der Waals surface area contributed by atoms with Gasteiger partial charge in [-0.1, -0.05) is 6.92 Å². The summed E-state index contributed by atoms with van der Waals surface area (Å²) in [7, 11) is 0. The molecule has 0 spiro atoms. The standard InChI is InChI=1S/C10H22N2S/c1-4-9(11)7-12-5-6-13-10(2,3)8-12/h9H,4-8,11H2,1-3H3. The highest BCUT2D eigenvalue weighted by Crippen LogP contribution is 2.29. The van der Waals surface area contributed by atoms with Crippen molar-refractivity contribution < 1.29 is 0 Å². The molecule has 2 N–H and O–H groups in total. The lowest BCUT2D eigenvalue weighted by Crippen LogP contribution is -2.47. The highest BCUT2D eigenvalue weighted by Gasteiger charge is 2.27. The van der Waals surface area contributed by atoms with Gasteiger partial charge in [0, 0.05) is 36.2 Å². The fraction of sp³-hybridized carbons (Fsp3) is 1.00. The number of rotatable bonds is 3. The summed E-state index contributed by atoms with van der Waals surface area (Å²) in [6.45, 7) is 10.3. The van der Waals surface area contributed by atoms with Crippen molar-refractivity contribution in [3.8, 4) is 0 Å². The van der Waals surface area contributed by atoms with Crippen molar-refractivity contribution >= 4 is 11.8 Å². The largest absolute Gasteiger partial charge is 0.327 e. The summed E-state index contributed by atoms with van der Waals surface area (Å²) in [5, 5.41) is 0. The molecule has 2 nitrogen and oxygen atoms in total. The predicted molar refractivity (Wildman–Crippen MR) is 61.2 cm³/mol. The minimum atomic E-state index is 0.360. The molecule has 0 aromatic heterocycles. The molecule has 0 radical (unpaired) electrons. The van der Waals surface area contributed by atoms with Crippen LogP contribution in [0, 0.1) is 0 Å². The van der Waals surface area contributed by atoms with Gasteiger partial charge in [-0.25, -0.2) is 0 Å². The molecule has 1 fully saturated rings. The van der Waals surface area contributed by atoms with E-state index in [0.717, 1.165) is 13.0 Å². The van der Waals surface area contributed by atoms with Crippen LogP contribution >= 0.6 is 11.8 Å². The molecular weight excluding hydrogens is 180 g/mol. The number of thioether (sulfide) groups is 1. The Hall–Kier alpha value is 0.270. The Kier molecular flexibility index (Phi) is 4.07. The summed E-state index contributed by atoms with van der Waals surface area (Å²) in [4.78, 5) is 2.50. The average Bonchev–Trinajstić information content (AvgIpc) is 2.02. The quantitative estimate of drug-likeness (QED) is 0.753. The molecular formula is C10H22N2S. The van der Waals surface area contributed by atoms with Crippen LogP contribution in [0.3, 0.4) is 0 Å². The number of hydrogen-bond donors (Lipinski definition) is 1. The molecule has 0 amide bonds. The maximum absolute atomic E-state index is 5.94. The zero-order valence-electron chi connectivity index (χ0n) is 9.05. The third-order valence-electron chi connectivity index (χ3n) is 2.52. The molecule has 1 rings (SSSR count). The summed E-state index contributed by atoms with van der Waals surface area (Å²) < 4.78 is 0.422. The van der Waals surface area contributed by atoms with Crippen LogP contribution in [0.15, 0.2) is 0 Å². The van der Waals surface area contributed by atoms with E-state index in [0.29, 0.717) is 10.8 Å². The highest BCUT2D eigenvalue weighted by atomic mass is 32.2. The van der Waals surface area contributed by atoms with Crippen LogP contribution in [0.5, 0.6) is 0 Å². The van der Waals surface area contributed by atoms with E-state index in [1.807, 2.05) is 0 Å². The molecule has 0 aliphatic carbocycles. The van der Waals surface area contributed by atoms with E-state index in [2.05, 4.69) is 37.4 Å². The molecule has 78 valence electrons. The summed E-state index contributed by atoms with van der Waals surface area (Å²) in [5.41, 5.74) is 5.94. The van der Waals surface area contributed by atoms with Crippen molar-refractivity contribution in [3.05, 3.63) is 0 Å². The molecule has 3 heteroatoms. The zero-order chi connectivity index (χ0) is 9.90. The lowest BCUT2D eigenvalue weighted by Gasteiger charge is -2.38. The number of hydrogen-bond acceptors (Lipinski definition) is 3. The third-order valence-corrected chi connectivity index (χ3v) is 3.82. The lowest BCUT2D eigenvalue weighted by molar-refractivity contribution is 0.243. The van der Waals surface area contributed by atoms with E-state index in [1.165, 1.54) is 18.8 Å². The van der Waals surface area contributed by atoms with Crippen LogP contribution in [0.1, 0.15) is 27.2 Å². The normalized spacial score (nSPS) is 25.8. The molecule has 1 unspecified atom stereocenters. The van der Waals surface area contributed by atoms with E-state index in [9.17, 15) is 0 Å². The molecule has 0 aromatic rings. The number of nitrogens with two attached hydrogens (primary N) is 1. The summed E-state index contributed by atoms with van der Waals surface area (Å²) in [5.74, 6) is 1.25. The molecule has 1 saturated heterocycles. The Morgan fingerprint density at radius 3 is 2.77 bits per heavy atom. The van der Waals surface area contributed by atoms with Gasteiger partial charge in [-0.15, -0.1) is 0 Å².